The van der Waals surface area contributed by atoms with E-state index in [1.54, 1.807) is 4.90 Å². The lowest BCUT2D eigenvalue weighted by molar-refractivity contribution is -0.175. The number of fused-ring (bicyclic) bond motifs is 5. The summed E-state index contributed by atoms with van der Waals surface area (Å²) in [6, 6.07) is 15.8. The van der Waals surface area contributed by atoms with Gasteiger partial charge < -0.3 is 19.9 Å². The van der Waals surface area contributed by atoms with Gasteiger partial charge in [-0.15, -0.1) is 0 Å². The van der Waals surface area contributed by atoms with E-state index in [2.05, 4.69) is 38.7 Å². The van der Waals surface area contributed by atoms with Gasteiger partial charge >= 0.3 is 0 Å². The van der Waals surface area contributed by atoms with E-state index in [0.29, 0.717) is 19.5 Å². The summed E-state index contributed by atoms with van der Waals surface area (Å²) in [5.41, 5.74) is 6.86. The molecule has 1 aromatic heterocycles. The Morgan fingerprint density at radius 1 is 1.23 bits per heavy atom. The number of hydrogen-bond acceptors (Lipinski definition) is 3. The first-order valence-corrected chi connectivity index (χ1v) is 10.8. The number of benzene rings is 2. The third-order valence-electron chi connectivity index (χ3n) is 6.36. The number of piperidine rings is 1. The van der Waals surface area contributed by atoms with Gasteiger partial charge in [-0.25, -0.2) is 0 Å². The maximum Gasteiger partial charge on any atom is 0.238 e. The molecule has 1 fully saturated rings. The molecule has 0 radical (unpaired) electrons. The smallest absolute Gasteiger partial charge is 0.238 e. The van der Waals surface area contributed by atoms with Crippen molar-refractivity contribution in [1.29, 1.82) is 0 Å². The summed E-state index contributed by atoms with van der Waals surface area (Å²) in [6.07, 6.45) is 2.56. The van der Waals surface area contributed by atoms with Crippen LogP contribution < -0.4 is 10.5 Å². The lowest BCUT2D eigenvalue weighted by Gasteiger charge is -2.52. The Morgan fingerprint density at radius 2 is 2.03 bits per heavy atom. The highest BCUT2D eigenvalue weighted by molar-refractivity contribution is 9.10. The summed E-state index contributed by atoms with van der Waals surface area (Å²) in [4.78, 5) is 27.4. The van der Waals surface area contributed by atoms with Gasteiger partial charge in [0, 0.05) is 47.0 Å². The van der Waals surface area contributed by atoms with Crippen LogP contribution in [0.5, 0.6) is 5.75 Å². The Bertz CT molecular complexity index is 1170. The number of amides is 2. The molecule has 2 amide bonds. The number of nitrogens with zero attached hydrogens (tertiary/aromatic N) is 2. The van der Waals surface area contributed by atoms with Crippen LogP contribution in [0.15, 0.2) is 59.2 Å². The van der Waals surface area contributed by atoms with Crippen molar-refractivity contribution in [2.24, 2.45) is 11.7 Å². The molecule has 0 spiro atoms. The van der Waals surface area contributed by atoms with Gasteiger partial charge in [0.2, 0.25) is 11.8 Å². The molecule has 6 nitrogen and oxygen atoms in total. The van der Waals surface area contributed by atoms with Crippen LogP contribution >= 0.6 is 15.9 Å². The summed E-state index contributed by atoms with van der Waals surface area (Å²) in [5, 5.41) is 1.12. The van der Waals surface area contributed by atoms with E-state index in [-0.39, 0.29) is 11.8 Å². The Labute approximate surface area is 182 Å². The molecule has 2 aliphatic rings. The standard InChI is InChI=1S/C23H22BrN3O3/c1-23-13-17(16-4-2-3-5-19(16)30-23)20(21(25)28)22(29)27(23)11-10-26-9-8-14-12-15(24)6-7-18(14)26/h2-9,12,17,20H,10-11,13H2,1H3,(H2,25,28)/t17-,20+,23-/m0/s1. The van der Waals surface area contributed by atoms with E-state index in [1.807, 2.05) is 43.5 Å². The lowest BCUT2D eigenvalue weighted by atomic mass is 9.73. The van der Waals surface area contributed by atoms with Crippen LogP contribution in [0.2, 0.25) is 0 Å². The molecule has 30 heavy (non-hydrogen) atoms. The van der Waals surface area contributed by atoms with E-state index in [1.165, 1.54) is 0 Å². The summed E-state index contributed by atoms with van der Waals surface area (Å²) in [5.74, 6) is -1.25. The number of rotatable bonds is 4. The summed E-state index contributed by atoms with van der Waals surface area (Å²) < 4.78 is 9.45. The molecular formula is C23H22BrN3O3. The molecule has 0 unspecified atom stereocenters. The number of nitrogens with two attached hydrogens (primary N) is 1. The minimum atomic E-state index is -0.875. The van der Waals surface area contributed by atoms with Crippen molar-refractivity contribution in [2.45, 2.75) is 31.5 Å². The highest BCUT2D eigenvalue weighted by Crippen LogP contribution is 2.49. The molecule has 2 aromatic carbocycles. The highest BCUT2D eigenvalue weighted by Gasteiger charge is 2.55. The number of carbonyl (C=O) groups excluding carboxylic acids is 2. The normalized spacial score (nSPS) is 25.1. The molecule has 3 heterocycles. The van der Waals surface area contributed by atoms with Crippen molar-refractivity contribution in [1.82, 2.24) is 9.47 Å². The van der Waals surface area contributed by atoms with Crippen molar-refractivity contribution in [2.75, 3.05) is 6.54 Å². The van der Waals surface area contributed by atoms with Gasteiger partial charge in [-0.05, 0) is 42.8 Å². The molecule has 154 valence electrons. The van der Waals surface area contributed by atoms with Crippen molar-refractivity contribution in [3.8, 4) is 5.75 Å². The highest BCUT2D eigenvalue weighted by atomic mass is 79.9. The molecule has 5 rings (SSSR count). The van der Waals surface area contributed by atoms with Crippen LogP contribution in [0, 0.1) is 5.92 Å². The SMILES string of the molecule is C[C@@]12C[C@@H](c3ccccc3O1)[C@H](C(N)=O)C(=O)N2CCn1ccc2cc(Br)ccc21. The largest absolute Gasteiger partial charge is 0.468 e. The summed E-state index contributed by atoms with van der Waals surface area (Å²) in [6.45, 7) is 2.94. The monoisotopic (exact) mass is 467 g/mol. The zero-order valence-electron chi connectivity index (χ0n) is 16.5. The van der Waals surface area contributed by atoms with Crippen LogP contribution in [-0.2, 0) is 16.1 Å². The van der Waals surface area contributed by atoms with Gasteiger partial charge in [-0.3, -0.25) is 9.59 Å². The Kier molecular flexibility index (Phi) is 4.39. The molecule has 2 aliphatic heterocycles. The van der Waals surface area contributed by atoms with E-state index in [0.717, 1.165) is 26.7 Å². The maximum atomic E-state index is 13.4. The summed E-state index contributed by atoms with van der Waals surface area (Å²) in [7, 11) is 0. The first-order valence-electron chi connectivity index (χ1n) is 10.0. The third-order valence-corrected chi connectivity index (χ3v) is 6.85. The molecular weight excluding hydrogens is 446 g/mol. The molecule has 3 aromatic rings. The quantitative estimate of drug-likeness (QED) is 0.595. The predicted octanol–water partition coefficient (Wildman–Crippen LogP) is 3.63. The molecule has 7 heteroatoms. The average Bonchev–Trinajstić information content (AvgIpc) is 3.09. The van der Waals surface area contributed by atoms with Crippen molar-refractivity contribution in [3.63, 3.8) is 0 Å². The number of ether oxygens (including phenoxy) is 1. The van der Waals surface area contributed by atoms with E-state index < -0.39 is 17.6 Å². The van der Waals surface area contributed by atoms with Gasteiger partial charge in [0.25, 0.3) is 0 Å². The van der Waals surface area contributed by atoms with Crippen LogP contribution in [0.3, 0.4) is 0 Å². The topological polar surface area (TPSA) is 77.6 Å². The van der Waals surface area contributed by atoms with E-state index in [9.17, 15) is 9.59 Å². The second-order valence-electron chi connectivity index (χ2n) is 8.21. The zero-order chi connectivity index (χ0) is 21.0. The number of aromatic nitrogens is 1. The number of carbonyl (C=O) groups is 2. The number of likely N-dealkylation sites (tertiary alicyclic amines) is 1. The Balaban J connectivity index is 1.48. The summed E-state index contributed by atoms with van der Waals surface area (Å²) >= 11 is 3.50. The third kappa shape index (κ3) is 2.91. The van der Waals surface area contributed by atoms with E-state index in [4.69, 9.17) is 10.5 Å². The first-order chi connectivity index (χ1) is 14.4. The number of primary amides is 1. The Morgan fingerprint density at radius 3 is 2.83 bits per heavy atom. The Hall–Kier alpha value is -2.80. The van der Waals surface area contributed by atoms with Crippen molar-refractivity contribution < 1.29 is 14.3 Å². The average molecular weight is 468 g/mol. The van der Waals surface area contributed by atoms with Gasteiger partial charge in [0.05, 0.1) is 0 Å². The minimum Gasteiger partial charge on any atom is -0.468 e. The van der Waals surface area contributed by atoms with Gasteiger partial charge in [0.15, 0.2) is 5.72 Å². The van der Waals surface area contributed by atoms with Crippen molar-refractivity contribution >= 4 is 38.6 Å². The molecule has 0 saturated carbocycles. The zero-order valence-corrected chi connectivity index (χ0v) is 18.1. The molecule has 1 saturated heterocycles. The van der Waals surface area contributed by atoms with Crippen LogP contribution in [-0.4, -0.2) is 33.6 Å². The lowest BCUT2D eigenvalue weighted by Crippen LogP contribution is -2.65. The van der Waals surface area contributed by atoms with E-state index >= 15 is 0 Å². The fraction of sp³-hybridized carbons (Fsp3) is 0.304. The van der Waals surface area contributed by atoms with Crippen molar-refractivity contribution in [3.05, 3.63) is 64.8 Å². The van der Waals surface area contributed by atoms with Gasteiger partial charge in [-0.1, -0.05) is 34.1 Å². The number of halogens is 1. The maximum absolute atomic E-state index is 13.4. The minimum absolute atomic E-state index is 0.255. The van der Waals surface area contributed by atoms with Crippen LogP contribution in [0.25, 0.3) is 10.9 Å². The molecule has 2 N–H and O–H groups in total. The molecule has 0 aliphatic carbocycles. The number of para-hydroxylation sites is 1. The van der Waals surface area contributed by atoms with Crippen LogP contribution in [0.1, 0.15) is 24.8 Å². The van der Waals surface area contributed by atoms with Gasteiger partial charge in [-0.2, -0.15) is 0 Å². The second kappa shape index (κ2) is 6.87. The molecule has 3 atom stereocenters. The fourth-order valence-electron chi connectivity index (χ4n) is 4.95. The molecule has 2 bridgehead atoms. The van der Waals surface area contributed by atoms with Gasteiger partial charge in [0.1, 0.15) is 11.7 Å². The second-order valence-corrected chi connectivity index (χ2v) is 9.12. The first kappa shape index (κ1) is 19.2. The predicted molar refractivity (Wildman–Crippen MR) is 117 cm³/mol. The van der Waals surface area contributed by atoms with Crippen LogP contribution in [0.4, 0.5) is 0 Å². The fourth-order valence-corrected chi connectivity index (χ4v) is 5.33. The number of hydrogen-bond donors (Lipinski definition) is 1.